The van der Waals surface area contributed by atoms with Gasteiger partial charge in [0.15, 0.2) is 0 Å². The van der Waals surface area contributed by atoms with Crippen LogP contribution in [-0.2, 0) is 5.41 Å². The van der Waals surface area contributed by atoms with Crippen LogP contribution in [0.4, 0.5) is 0 Å². The van der Waals surface area contributed by atoms with Crippen LogP contribution in [0.3, 0.4) is 0 Å². The molecule has 0 saturated heterocycles. The lowest BCUT2D eigenvalue weighted by Gasteiger charge is -2.36. The molecular weight excluding hydrogens is 356 g/mol. The fraction of sp³-hybridized carbons (Fsp3) is 0.111. The van der Waals surface area contributed by atoms with E-state index in [9.17, 15) is 10.2 Å². The highest BCUT2D eigenvalue weighted by Gasteiger charge is 2.46. The van der Waals surface area contributed by atoms with Gasteiger partial charge in [0.25, 0.3) is 0 Å². The second-order valence-corrected chi connectivity index (χ2v) is 6.73. The highest BCUT2D eigenvalue weighted by molar-refractivity contribution is 5.92. The molecule has 2 N–H and O–H groups in total. The minimum atomic E-state index is -0.726. The van der Waals surface area contributed by atoms with Crippen molar-refractivity contribution in [3.63, 3.8) is 0 Å². The molecule has 1 aromatic rings. The average molecular weight is 385 g/mol. The highest BCUT2D eigenvalue weighted by Crippen LogP contribution is 2.56. The quantitative estimate of drug-likeness (QED) is 0.367. The summed E-state index contributed by atoms with van der Waals surface area (Å²) < 4.78 is 0. The molecule has 0 radical (unpaired) electrons. The molecule has 2 rings (SSSR count). The van der Waals surface area contributed by atoms with Crippen molar-refractivity contribution in [1.29, 1.82) is 0 Å². The lowest BCUT2D eigenvalue weighted by Crippen LogP contribution is -2.30. The Morgan fingerprint density at radius 1 is 0.966 bits per heavy atom. The molecule has 2 nitrogen and oxygen atoms in total. The first kappa shape index (κ1) is 21.8. The van der Waals surface area contributed by atoms with E-state index in [0.29, 0.717) is 0 Å². The van der Waals surface area contributed by atoms with Crippen LogP contribution >= 0.6 is 0 Å². The standard InChI is InChI=1S/C27H28O2/c1-7-21(17-15-19(5)28)27(22(8-2)18-16-20(6)29)25(10-4)23(9-3)24-13-11-12-14-26(24)27/h7-18,28-29H,1,3-4,6H2,2,5H3/b18-16-,19-15+,21-17+,22-8+. The summed E-state index contributed by atoms with van der Waals surface area (Å²) in [5, 5.41) is 19.5. The van der Waals surface area contributed by atoms with E-state index in [1.165, 1.54) is 0 Å². The number of hydrogen-bond donors (Lipinski definition) is 2. The smallest absolute Gasteiger partial charge is 0.108 e. The van der Waals surface area contributed by atoms with Crippen LogP contribution in [0.5, 0.6) is 0 Å². The summed E-state index contributed by atoms with van der Waals surface area (Å²) in [6.45, 7) is 19.3. The van der Waals surface area contributed by atoms with Crippen LogP contribution in [0, 0.1) is 0 Å². The molecule has 1 aliphatic carbocycles. The van der Waals surface area contributed by atoms with E-state index in [4.69, 9.17) is 0 Å². The fourth-order valence-electron chi connectivity index (χ4n) is 3.99. The third-order valence-corrected chi connectivity index (χ3v) is 5.08. The van der Waals surface area contributed by atoms with Gasteiger partial charge in [-0.1, -0.05) is 87.0 Å². The second-order valence-electron chi connectivity index (χ2n) is 6.73. The van der Waals surface area contributed by atoms with Gasteiger partial charge in [-0.2, -0.15) is 0 Å². The molecule has 0 bridgehead atoms. The van der Waals surface area contributed by atoms with Crippen molar-refractivity contribution < 1.29 is 10.2 Å². The lowest BCUT2D eigenvalue weighted by molar-refractivity contribution is 0.414. The van der Waals surface area contributed by atoms with Crippen LogP contribution in [0.2, 0.25) is 0 Å². The van der Waals surface area contributed by atoms with E-state index in [2.05, 4.69) is 38.4 Å². The average Bonchev–Trinajstić information content (AvgIpc) is 2.99. The van der Waals surface area contributed by atoms with Crippen molar-refractivity contribution in [1.82, 2.24) is 0 Å². The topological polar surface area (TPSA) is 40.5 Å². The summed E-state index contributed by atoms with van der Waals surface area (Å²) in [6, 6.07) is 8.13. The van der Waals surface area contributed by atoms with Crippen molar-refractivity contribution in [3.8, 4) is 0 Å². The van der Waals surface area contributed by atoms with Gasteiger partial charge in [-0.05, 0) is 59.4 Å². The minimum Gasteiger partial charge on any atom is -0.513 e. The van der Waals surface area contributed by atoms with Gasteiger partial charge >= 0.3 is 0 Å². The molecule has 0 fully saturated rings. The number of hydrogen-bond acceptors (Lipinski definition) is 2. The van der Waals surface area contributed by atoms with Crippen molar-refractivity contribution in [2.24, 2.45) is 0 Å². The van der Waals surface area contributed by atoms with Crippen molar-refractivity contribution in [3.05, 3.63) is 139 Å². The Bertz CT molecular complexity index is 1000. The number of aliphatic hydroxyl groups excluding tert-OH is 2. The predicted molar refractivity (Wildman–Crippen MR) is 125 cm³/mol. The zero-order valence-electron chi connectivity index (χ0n) is 17.2. The number of rotatable bonds is 8. The number of allylic oxidation sites excluding steroid dienone is 13. The lowest BCUT2D eigenvalue weighted by atomic mass is 9.65. The maximum Gasteiger partial charge on any atom is 0.108 e. The predicted octanol–water partition coefficient (Wildman–Crippen LogP) is 7.21. The van der Waals surface area contributed by atoms with E-state index < -0.39 is 5.41 Å². The summed E-state index contributed by atoms with van der Waals surface area (Å²) in [6.07, 6.45) is 14.4. The molecule has 2 heteroatoms. The van der Waals surface area contributed by atoms with E-state index in [0.717, 1.165) is 33.4 Å². The van der Waals surface area contributed by atoms with E-state index >= 15 is 0 Å². The number of benzene rings is 1. The SMILES string of the molecule is C=CC1=C(C=C)C(/C(C=C)=C/C=C(\C)O)(C(/C=C\C(=C)O)=C/C)c2ccccc21. The van der Waals surface area contributed by atoms with E-state index in [-0.39, 0.29) is 11.5 Å². The van der Waals surface area contributed by atoms with Gasteiger partial charge in [0.05, 0.1) is 11.2 Å². The first-order valence-electron chi connectivity index (χ1n) is 9.41. The highest BCUT2D eigenvalue weighted by atomic mass is 16.3. The molecule has 0 heterocycles. The van der Waals surface area contributed by atoms with Gasteiger partial charge in [0, 0.05) is 0 Å². The Morgan fingerprint density at radius 3 is 2.17 bits per heavy atom. The molecule has 1 aliphatic rings. The van der Waals surface area contributed by atoms with Crippen LogP contribution < -0.4 is 0 Å². The number of fused-ring (bicyclic) bond motifs is 1. The Balaban J connectivity index is 3.08. The van der Waals surface area contributed by atoms with Crippen LogP contribution in [-0.4, -0.2) is 10.2 Å². The summed E-state index contributed by atoms with van der Waals surface area (Å²) in [7, 11) is 0. The molecule has 148 valence electrons. The van der Waals surface area contributed by atoms with Gasteiger partial charge in [0.2, 0.25) is 0 Å². The summed E-state index contributed by atoms with van der Waals surface area (Å²) in [4.78, 5) is 0. The van der Waals surface area contributed by atoms with E-state index in [1.807, 2.05) is 49.4 Å². The Labute approximate surface area is 173 Å². The molecule has 0 aliphatic heterocycles. The number of aliphatic hydroxyl groups is 2. The van der Waals surface area contributed by atoms with Crippen molar-refractivity contribution in [2.75, 3.05) is 0 Å². The Morgan fingerprint density at radius 2 is 1.66 bits per heavy atom. The normalized spacial score (nSPS) is 20.0. The molecule has 1 unspecified atom stereocenters. The minimum absolute atomic E-state index is 0.0332. The summed E-state index contributed by atoms with van der Waals surface area (Å²) in [5.41, 5.74) is 5.13. The fourth-order valence-corrected chi connectivity index (χ4v) is 3.99. The maximum absolute atomic E-state index is 9.77. The van der Waals surface area contributed by atoms with Gasteiger partial charge in [-0.25, -0.2) is 0 Å². The summed E-state index contributed by atoms with van der Waals surface area (Å²) >= 11 is 0. The molecule has 1 aromatic carbocycles. The first-order valence-corrected chi connectivity index (χ1v) is 9.41. The van der Waals surface area contributed by atoms with Gasteiger partial charge in [0.1, 0.15) is 5.76 Å². The van der Waals surface area contributed by atoms with Gasteiger partial charge in [-0.15, -0.1) is 0 Å². The zero-order valence-corrected chi connectivity index (χ0v) is 17.2. The van der Waals surface area contributed by atoms with Crippen LogP contribution in [0.1, 0.15) is 25.0 Å². The third kappa shape index (κ3) is 3.74. The van der Waals surface area contributed by atoms with E-state index in [1.54, 1.807) is 25.2 Å². The van der Waals surface area contributed by atoms with Gasteiger partial charge < -0.3 is 10.2 Å². The largest absolute Gasteiger partial charge is 0.513 e. The van der Waals surface area contributed by atoms with Crippen LogP contribution in [0.15, 0.2) is 127 Å². The third-order valence-electron chi connectivity index (χ3n) is 5.08. The van der Waals surface area contributed by atoms with Crippen molar-refractivity contribution >= 4 is 5.57 Å². The molecule has 0 spiro atoms. The molecule has 29 heavy (non-hydrogen) atoms. The zero-order chi connectivity index (χ0) is 21.6. The Kier molecular flexibility index (Phi) is 6.84. The summed E-state index contributed by atoms with van der Waals surface area (Å²) in [5.74, 6) is 0.161. The molecular formula is C27H28O2. The Hall–Kier alpha value is -3.52. The molecule has 0 saturated carbocycles. The molecule has 0 amide bonds. The second kappa shape index (κ2) is 9.11. The first-order chi connectivity index (χ1) is 13.9. The van der Waals surface area contributed by atoms with Gasteiger partial charge in [-0.3, -0.25) is 0 Å². The molecule has 1 atom stereocenters. The molecule has 0 aromatic heterocycles. The monoisotopic (exact) mass is 384 g/mol. The van der Waals surface area contributed by atoms with Crippen LogP contribution in [0.25, 0.3) is 5.57 Å². The van der Waals surface area contributed by atoms with Crippen molar-refractivity contribution in [2.45, 2.75) is 19.3 Å². The maximum atomic E-state index is 9.77.